The second-order valence-corrected chi connectivity index (χ2v) is 3.88. The van der Waals surface area contributed by atoms with Crippen LogP contribution in [0.5, 0.6) is 0 Å². The van der Waals surface area contributed by atoms with Gasteiger partial charge in [-0.05, 0) is 36.8 Å². The van der Waals surface area contributed by atoms with E-state index in [0.717, 1.165) is 22.2 Å². The molecule has 0 radical (unpaired) electrons. The van der Waals surface area contributed by atoms with E-state index in [-0.39, 0.29) is 5.97 Å². The summed E-state index contributed by atoms with van der Waals surface area (Å²) in [4.78, 5) is 15.8. The number of allylic oxidation sites excluding steroid dienone is 1. The first-order valence-electron chi connectivity index (χ1n) is 5.27. The van der Waals surface area contributed by atoms with Gasteiger partial charge in [-0.25, -0.2) is 9.78 Å². The third-order valence-electron chi connectivity index (χ3n) is 2.55. The van der Waals surface area contributed by atoms with Gasteiger partial charge >= 0.3 is 5.97 Å². The number of rotatable bonds is 2. The van der Waals surface area contributed by atoms with Gasteiger partial charge in [0.25, 0.3) is 0 Å². The minimum Gasteiger partial charge on any atom is -0.465 e. The fraction of sp³-hybridized carbons (Fsp3) is 0.143. The van der Waals surface area contributed by atoms with E-state index >= 15 is 0 Å². The molecule has 0 bridgehead atoms. The maximum Gasteiger partial charge on any atom is 0.337 e. The van der Waals surface area contributed by atoms with Gasteiger partial charge in [0.15, 0.2) is 0 Å². The lowest BCUT2D eigenvalue weighted by atomic mass is 10.1. The van der Waals surface area contributed by atoms with Crippen molar-refractivity contribution in [2.45, 2.75) is 6.92 Å². The molecule has 0 fully saturated rings. The molecule has 0 amide bonds. The Kier molecular flexibility index (Phi) is 2.91. The van der Waals surface area contributed by atoms with E-state index in [1.807, 2.05) is 25.1 Å². The molecular weight excluding hydrogens is 214 g/mol. The van der Waals surface area contributed by atoms with Crippen molar-refractivity contribution in [3.63, 3.8) is 0 Å². The van der Waals surface area contributed by atoms with Gasteiger partial charge in [-0.1, -0.05) is 12.6 Å². The lowest BCUT2D eigenvalue weighted by Crippen LogP contribution is -2.00. The predicted molar refractivity (Wildman–Crippen MR) is 67.8 cm³/mol. The molecule has 0 saturated heterocycles. The normalized spacial score (nSPS) is 10.2. The monoisotopic (exact) mass is 227 g/mol. The smallest absolute Gasteiger partial charge is 0.337 e. The first-order chi connectivity index (χ1) is 8.11. The van der Waals surface area contributed by atoms with Crippen LogP contribution < -0.4 is 0 Å². The molecule has 0 unspecified atom stereocenters. The highest BCUT2D eigenvalue weighted by molar-refractivity contribution is 5.94. The van der Waals surface area contributed by atoms with E-state index in [0.29, 0.717) is 5.56 Å². The summed E-state index contributed by atoms with van der Waals surface area (Å²) in [5, 5.41) is 0.915. The number of hydrogen-bond donors (Lipinski definition) is 0. The number of carbonyl (C=O) groups excluding carboxylic acids is 1. The maximum atomic E-state index is 11.4. The van der Waals surface area contributed by atoms with Crippen molar-refractivity contribution >= 4 is 22.4 Å². The largest absolute Gasteiger partial charge is 0.465 e. The number of aromatic nitrogens is 1. The van der Waals surface area contributed by atoms with Crippen molar-refractivity contribution in [3.05, 3.63) is 48.2 Å². The number of benzene rings is 1. The number of nitrogens with zero attached hydrogens (tertiary/aromatic N) is 1. The summed E-state index contributed by atoms with van der Waals surface area (Å²) >= 11 is 0. The van der Waals surface area contributed by atoms with Gasteiger partial charge < -0.3 is 4.74 Å². The molecule has 86 valence electrons. The molecule has 17 heavy (non-hydrogen) atoms. The van der Waals surface area contributed by atoms with Crippen LogP contribution in [0, 0.1) is 0 Å². The molecule has 1 heterocycles. The second kappa shape index (κ2) is 4.37. The molecule has 0 aliphatic heterocycles. The zero-order valence-electron chi connectivity index (χ0n) is 9.86. The number of fused-ring (bicyclic) bond motifs is 1. The lowest BCUT2D eigenvalue weighted by molar-refractivity contribution is 0.0601. The topological polar surface area (TPSA) is 39.2 Å². The summed E-state index contributed by atoms with van der Waals surface area (Å²) in [6.45, 7) is 5.77. The third kappa shape index (κ3) is 2.18. The predicted octanol–water partition coefficient (Wildman–Crippen LogP) is 3.05. The van der Waals surface area contributed by atoms with Crippen LogP contribution in [0.2, 0.25) is 0 Å². The maximum absolute atomic E-state index is 11.4. The van der Waals surface area contributed by atoms with Crippen LogP contribution in [0.3, 0.4) is 0 Å². The van der Waals surface area contributed by atoms with E-state index in [4.69, 9.17) is 0 Å². The first-order valence-corrected chi connectivity index (χ1v) is 5.27. The number of pyridine rings is 1. The van der Waals surface area contributed by atoms with Gasteiger partial charge in [0.2, 0.25) is 0 Å². The number of hydrogen-bond acceptors (Lipinski definition) is 3. The van der Waals surface area contributed by atoms with Crippen molar-refractivity contribution in [1.29, 1.82) is 0 Å². The van der Waals surface area contributed by atoms with E-state index in [1.165, 1.54) is 7.11 Å². The number of ether oxygens (including phenoxy) is 1. The summed E-state index contributed by atoms with van der Waals surface area (Å²) in [5.74, 6) is -0.337. The van der Waals surface area contributed by atoms with Crippen molar-refractivity contribution in [2.24, 2.45) is 0 Å². The Balaban J connectivity index is 2.54. The van der Waals surface area contributed by atoms with Gasteiger partial charge in [0.05, 0.1) is 23.9 Å². The summed E-state index contributed by atoms with van der Waals surface area (Å²) < 4.78 is 4.67. The van der Waals surface area contributed by atoms with Gasteiger partial charge in [0, 0.05) is 5.39 Å². The molecule has 1 aromatic carbocycles. The van der Waals surface area contributed by atoms with Crippen LogP contribution in [0.1, 0.15) is 23.0 Å². The van der Waals surface area contributed by atoms with Gasteiger partial charge in [-0.2, -0.15) is 0 Å². The van der Waals surface area contributed by atoms with Crippen LogP contribution in [0.4, 0.5) is 0 Å². The minimum absolute atomic E-state index is 0.337. The molecule has 0 saturated carbocycles. The van der Waals surface area contributed by atoms with Crippen molar-refractivity contribution < 1.29 is 9.53 Å². The lowest BCUT2D eigenvalue weighted by Gasteiger charge is -2.04. The minimum atomic E-state index is -0.337. The third-order valence-corrected chi connectivity index (χ3v) is 2.55. The van der Waals surface area contributed by atoms with Gasteiger partial charge in [-0.15, -0.1) is 0 Å². The SMILES string of the molecule is C=C(C)c1ccc2cc(C(=O)OC)ccc2n1. The molecule has 2 rings (SSSR count). The highest BCUT2D eigenvalue weighted by atomic mass is 16.5. The average Bonchev–Trinajstić information content (AvgIpc) is 2.36. The summed E-state index contributed by atoms with van der Waals surface area (Å²) in [6, 6.07) is 9.12. The highest BCUT2D eigenvalue weighted by Crippen LogP contribution is 2.18. The van der Waals surface area contributed by atoms with E-state index in [9.17, 15) is 4.79 Å². The Morgan fingerprint density at radius 2 is 2.06 bits per heavy atom. The number of methoxy groups -OCH3 is 1. The van der Waals surface area contributed by atoms with Crippen LogP contribution in [0.15, 0.2) is 36.9 Å². The Labute approximate surface area is 99.7 Å². The van der Waals surface area contributed by atoms with Crippen LogP contribution in [-0.4, -0.2) is 18.1 Å². The molecule has 0 atom stereocenters. The molecule has 0 N–H and O–H groups in total. The number of carbonyl (C=O) groups is 1. The number of esters is 1. The molecule has 0 spiro atoms. The van der Waals surface area contributed by atoms with E-state index in [1.54, 1.807) is 12.1 Å². The molecule has 1 aromatic heterocycles. The van der Waals surface area contributed by atoms with Crippen LogP contribution in [0.25, 0.3) is 16.5 Å². The fourth-order valence-electron chi connectivity index (χ4n) is 1.61. The molecule has 0 aliphatic carbocycles. The Morgan fingerprint density at radius 3 is 2.71 bits per heavy atom. The summed E-state index contributed by atoms with van der Waals surface area (Å²) in [6.07, 6.45) is 0. The molecule has 3 heteroatoms. The Hall–Kier alpha value is -2.16. The average molecular weight is 227 g/mol. The highest BCUT2D eigenvalue weighted by Gasteiger charge is 2.06. The first kappa shape index (κ1) is 11.3. The van der Waals surface area contributed by atoms with Crippen molar-refractivity contribution in [1.82, 2.24) is 4.98 Å². The van der Waals surface area contributed by atoms with E-state index < -0.39 is 0 Å². The van der Waals surface area contributed by atoms with Crippen molar-refractivity contribution in [3.8, 4) is 0 Å². The van der Waals surface area contributed by atoms with Gasteiger partial charge in [0.1, 0.15) is 0 Å². The molecular formula is C14H13NO2. The Bertz CT molecular complexity index is 602. The van der Waals surface area contributed by atoms with E-state index in [2.05, 4.69) is 16.3 Å². The quantitative estimate of drug-likeness (QED) is 0.740. The molecule has 3 nitrogen and oxygen atoms in total. The second-order valence-electron chi connectivity index (χ2n) is 3.88. The summed E-state index contributed by atoms with van der Waals surface area (Å²) in [5.41, 5.74) is 3.16. The zero-order valence-corrected chi connectivity index (χ0v) is 9.86. The summed E-state index contributed by atoms with van der Waals surface area (Å²) in [7, 11) is 1.37. The molecule has 2 aromatic rings. The Morgan fingerprint density at radius 1 is 1.29 bits per heavy atom. The fourth-order valence-corrected chi connectivity index (χ4v) is 1.61. The molecule has 0 aliphatic rings. The van der Waals surface area contributed by atoms with Crippen LogP contribution in [-0.2, 0) is 4.74 Å². The van der Waals surface area contributed by atoms with Crippen molar-refractivity contribution in [2.75, 3.05) is 7.11 Å². The zero-order chi connectivity index (χ0) is 12.4. The van der Waals surface area contributed by atoms with Gasteiger partial charge in [-0.3, -0.25) is 0 Å². The standard InChI is InChI=1S/C14H13NO2/c1-9(2)12-6-4-10-8-11(14(16)17-3)5-7-13(10)15-12/h4-8H,1H2,2-3H3. The van der Waals surface area contributed by atoms with Crippen LogP contribution >= 0.6 is 0 Å².